The van der Waals surface area contributed by atoms with E-state index in [4.69, 9.17) is 0 Å². The van der Waals surface area contributed by atoms with Gasteiger partial charge >= 0.3 is 11.9 Å². The molecule has 3 N–H and O–H groups in total. The van der Waals surface area contributed by atoms with E-state index in [1.807, 2.05) is 30.3 Å². The highest BCUT2D eigenvalue weighted by Gasteiger charge is 2.69. The zero-order chi connectivity index (χ0) is 21.6. The van der Waals surface area contributed by atoms with Crippen molar-refractivity contribution in [2.75, 3.05) is 0 Å². The second-order valence-corrected chi connectivity index (χ2v) is 8.47. The maximum Gasteiger partial charge on any atom is 0.325 e. The number of nitrogens with one attached hydrogen (secondary N) is 1. The van der Waals surface area contributed by atoms with Crippen molar-refractivity contribution >= 4 is 29.8 Å². The van der Waals surface area contributed by atoms with Gasteiger partial charge in [0.25, 0.3) is 0 Å². The molecular weight excluding hydrogens is 376 g/mol. The number of likely N-dealkylation sites (tertiary alicyclic amines) is 1. The number of imide groups is 1. The highest BCUT2D eigenvalue weighted by Crippen LogP contribution is 2.47. The van der Waals surface area contributed by atoms with Crippen LogP contribution in [-0.4, -0.2) is 56.0 Å². The van der Waals surface area contributed by atoms with Crippen molar-refractivity contribution in [3.05, 3.63) is 42.0 Å². The number of carbonyl (C=O) groups is 4. The second kappa shape index (κ2) is 7.11. The zero-order valence-electron chi connectivity index (χ0n) is 16.5. The van der Waals surface area contributed by atoms with Crippen LogP contribution in [0.4, 0.5) is 0 Å². The van der Waals surface area contributed by atoms with E-state index in [1.54, 1.807) is 32.9 Å². The quantitative estimate of drug-likeness (QED) is 0.638. The van der Waals surface area contributed by atoms with Gasteiger partial charge < -0.3 is 10.2 Å². The SMILES string of the molecule is CC(C)(C)N1C(=O)C2C(C=Cc3ccccc3)NC(CC(=O)O)(C(=O)O)C2C1=O. The van der Waals surface area contributed by atoms with Gasteiger partial charge in [0.15, 0.2) is 0 Å². The lowest BCUT2D eigenvalue weighted by Gasteiger charge is -2.34. The molecule has 2 aliphatic heterocycles. The third-order valence-corrected chi connectivity index (χ3v) is 5.47. The molecule has 2 saturated heterocycles. The molecule has 0 spiro atoms. The first-order chi connectivity index (χ1) is 13.5. The second-order valence-electron chi connectivity index (χ2n) is 8.47. The zero-order valence-corrected chi connectivity index (χ0v) is 16.5. The Balaban J connectivity index is 2.09. The van der Waals surface area contributed by atoms with Gasteiger partial charge in [0.1, 0.15) is 5.54 Å². The number of fused-ring (bicyclic) bond motifs is 1. The number of carboxylic acids is 2. The van der Waals surface area contributed by atoms with Gasteiger partial charge in [-0.2, -0.15) is 0 Å². The summed E-state index contributed by atoms with van der Waals surface area (Å²) < 4.78 is 0. The summed E-state index contributed by atoms with van der Waals surface area (Å²) in [5, 5.41) is 22.1. The molecule has 0 saturated carbocycles. The van der Waals surface area contributed by atoms with Gasteiger partial charge in [0.2, 0.25) is 11.8 Å². The number of aliphatic carboxylic acids is 2. The first-order valence-electron chi connectivity index (χ1n) is 9.33. The lowest BCUT2D eigenvalue weighted by molar-refractivity contribution is -0.157. The largest absolute Gasteiger partial charge is 0.481 e. The van der Waals surface area contributed by atoms with Crippen LogP contribution in [0.2, 0.25) is 0 Å². The fraction of sp³-hybridized carbons (Fsp3) is 0.429. The number of hydrogen-bond acceptors (Lipinski definition) is 5. The van der Waals surface area contributed by atoms with E-state index in [2.05, 4.69) is 5.32 Å². The van der Waals surface area contributed by atoms with Crippen LogP contribution < -0.4 is 5.32 Å². The molecule has 2 amide bonds. The first-order valence-corrected chi connectivity index (χ1v) is 9.33. The van der Waals surface area contributed by atoms with Crippen molar-refractivity contribution in [2.45, 2.75) is 44.3 Å². The van der Waals surface area contributed by atoms with E-state index < -0.39 is 59.1 Å². The number of hydrogen-bond donors (Lipinski definition) is 3. The molecule has 2 aliphatic rings. The Morgan fingerprint density at radius 1 is 1.14 bits per heavy atom. The van der Waals surface area contributed by atoms with Gasteiger partial charge in [-0.1, -0.05) is 42.5 Å². The van der Waals surface area contributed by atoms with Crippen LogP contribution in [0, 0.1) is 11.8 Å². The van der Waals surface area contributed by atoms with Crippen molar-refractivity contribution in [3.8, 4) is 0 Å². The molecule has 154 valence electrons. The molecule has 2 heterocycles. The molecule has 0 aliphatic carbocycles. The average Bonchev–Trinajstić information content (AvgIpc) is 3.08. The number of carboxylic acid groups (broad SMARTS) is 2. The summed E-state index contributed by atoms with van der Waals surface area (Å²) in [5.41, 5.74) is -2.07. The number of amides is 2. The Bertz CT molecular complexity index is 888. The molecule has 0 bridgehead atoms. The standard InChI is InChI=1S/C21H24N2O6/c1-20(2,3)23-17(26)15-13(10-9-12-7-5-4-6-8-12)22-21(19(28)29,11-14(24)25)16(15)18(23)27/h4-10,13,15-16,22H,11H2,1-3H3,(H,24,25)(H,28,29). The van der Waals surface area contributed by atoms with Gasteiger partial charge in [-0.05, 0) is 26.3 Å². The minimum atomic E-state index is -2.06. The van der Waals surface area contributed by atoms with Crippen LogP contribution in [0.15, 0.2) is 36.4 Å². The van der Waals surface area contributed by atoms with E-state index in [1.165, 1.54) is 0 Å². The monoisotopic (exact) mass is 400 g/mol. The minimum Gasteiger partial charge on any atom is -0.481 e. The van der Waals surface area contributed by atoms with Gasteiger partial charge in [0, 0.05) is 11.6 Å². The third-order valence-electron chi connectivity index (χ3n) is 5.47. The van der Waals surface area contributed by atoms with Crippen LogP contribution in [-0.2, 0) is 19.2 Å². The average molecular weight is 400 g/mol. The van der Waals surface area contributed by atoms with Crippen molar-refractivity contribution in [1.82, 2.24) is 10.2 Å². The molecular formula is C21H24N2O6. The van der Waals surface area contributed by atoms with Crippen molar-refractivity contribution in [3.63, 3.8) is 0 Å². The summed E-state index contributed by atoms with van der Waals surface area (Å²) >= 11 is 0. The molecule has 2 fully saturated rings. The summed E-state index contributed by atoms with van der Waals surface area (Å²) in [7, 11) is 0. The van der Waals surface area contributed by atoms with Crippen LogP contribution in [0.1, 0.15) is 32.8 Å². The van der Waals surface area contributed by atoms with Gasteiger partial charge in [-0.25, -0.2) is 0 Å². The van der Waals surface area contributed by atoms with E-state index in [9.17, 15) is 29.4 Å². The Labute approximate surface area is 168 Å². The maximum atomic E-state index is 13.2. The summed E-state index contributed by atoms with van der Waals surface area (Å²) in [6.45, 7) is 5.06. The molecule has 8 heteroatoms. The summed E-state index contributed by atoms with van der Waals surface area (Å²) in [5.74, 6) is -6.25. The Morgan fingerprint density at radius 3 is 2.28 bits per heavy atom. The van der Waals surface area contributed by atoms with Gasteiger partial charge in [-0.15, -0.1) is 0 Å². The number of nitrogens with zero attached hydrogens (tertiary/aromatic N) is 1. The first kappa shape index (κ1) is 20.7. The van der Waals surface area contributed by atoms with Crippen molar-refractivity contribution in [1.29, 1.82) is 0 Å². The molecule has 0 radical (unpaired) electrons. The number of carbonyl (C=O) groups excluding carboxylic acids is 2. The Kier molecular flexibility index (Phi) is 5.08. The maximum absolute atomic E-state index is 13.2. The number of benzene rings is 1. The van der Waals surface area contributed by atoms with Crippen molar-refractivity contribution < 1.29 is 29.4 Å². The van der Waals surface area contributed by atoms with Crippen molar-refractivity contribution in [2.24, 2.45) is 11.8 Å². The Morgan fingerprint density at radius 2 is 1.76 bits per heavy atom. The number of rotatable bonds is 5. The Hall–Kier alpha value is -3.00. The molecule has 0 aromatic heterocycles. The van der Waals surface area contributed by atoms with Gasteiger partial charge in [-0.3, -0.25) is 29.4 Å². The van der Waals surface area contributed by atoms with Crippen LogP contribution in [0.25, 0.3) is 6.08 Å². The molecule has 1 aromatic rings. The predicted molar refractivity (Wildman–Crippen MR) is 104 cm³/mol. The summed E-state index contributed by atoms with van der Waals surface area (Å²) in [4.78, 5) is 51.1. The summed E-state index contributed by atoms with van der Waals surface area (Å²) in [6, 6.07) is 8.41. The topological polar surface area (TPSA) is 124 Å². The fourth-order valence-corrected chi connectivity index (χ4v) is 4.33. The van der Waals surface area contributed by atoms with E-state index in [-0.39, 0.29) is 0 Å². The molecule has 8 nitrogen and oxygen atoms in total. The van der Waals surface area contributed by atoms with Crippen LogP contribution >= 0.6 is 0 Å². The molecule has 4 atom stereocenters. The third kappa shape index (κ3) is 3.44. The fourth-order valence-electron chi connectivity index (χ4n) is 4.33. The van der Waals surface area contributed by atoms with E-state index in [0.29, 0.717) is 0 Å². The van der Waals surface area contributed by atoms with Crippen LogP contribution in [0.3, 0.4) is 0 Å². The van der Waals surface area contributed by atoms with E-state index >= 15 is 0 Å². The van der Waals surface area contributed by atoms with Gasteiger partial charge in [0.05, 0.1) is 18.3 Å². The lowest BCUT2D eigenvalue weighted by Crippen LogP contribution is -2.59. The van der Waals surface area contributed by atoms with Crippen LogP contribution in [0.5, 0.6) is 0 Å². The van der Waals surface area contributed by atoms with E-state index in [0.717, 1.165) is 10.5 Å². The highest BCUT2D eigenvalue weighted by atomic mass is 16.4. The minimum absolute atomic E-state index is 0.490. The summed E-state index contributed by atoms with van der Waals surface area (Å²) in [6.07, 6.45) is 2.55. The molecule has 29 heavy (non-hydrogen) atoms. The lowest BCUT2D eigenvalue weighted by atomic mass is 9.78. The predicted octanol–water partition coefficient (Wildman–Crippen LogP) is 1.37. The normalized spacial score (nSPS) is 29.5. The molecule has 4 unspecified atom stereocenters. The molecule has 1 aromatic carbocycles. The molecule has 3 rings (SSSR count). The smallest absolute Gasteiger partial charge is 0.325 e. The highest BCUT2D eigenvalue weighted by molar-refractivity contribution is 6.10.